The molecule has 0 amide bonds. The normalized spacial score (nSPS) is 51.0. The van der Waals surface area contributed by atoms with E-state index in [0.717, 1.165) is 12.8 Å². The van der Waals surface area contributed by atoms with Gasteiger partial charge in [0.15, 0.2) is 18.9 Å². The highest BCUT2D eigenvalue weighted by Crippen LogP contribution is 2.78. The van der Waals surface area contributed by atoms with Crippen LogP contribution >= 0.6 is 0 Å². The maximum Gasteiger partial charge on any atom is 0.338 e. The van der Waals surface area contributed by atoms with Crippen molar-refractivity contribution in [3.63, 3.8) is 0 Å². The van der Waals surface area contributed by atoms with Crippen LogP contribution in [-0.4, -0.2) is 176 Å². The minimum absolute atomic E-state index is 0.0916. The van der Waals surface area contributed by atoms with Crippen molar-refractivity contribution in [3.05, 3.63) is 35.9 Å². The van der Waals surface area contributed by atoms with Gasteiger partial charge in [0.05, 0.1) is 59.8 Å². The van der Waals surface area contributed by atoms with E-state index in [0.29, 0.717) is 56.9 Å². The maximum absolute atomic E-state index is 13.7. The quantitative estimate of drug-likeness (QED) is 0.183. The first kappa shape index (κ1) is 53.0. The standard InChI is InChI=1S/C53H78O19/c1-27-41(55)45(61-10)42(56)47(65-27)70-44-29(3)64-40(24-36(44)60-9)69-43-28(2)63-39(23-35(43)59-8)68-34-17-18-48(6)33(22-34)16-19-51(58)37(48)25-38(67-31(5)54)50-26-62-49(7)71-52(50,20-21-53(50,51)72-49)30(4)66-46(57)32-14-12-11-13-15-32/h11-15,27-30,33-45,47,55-56,58H,16-26H2,1-10H3/t27-,28-,29-,30+,33+,34+,35+,36-,37-,38-,39+,40+,41-,42-,43-,44-,45+,47+,48+,49?,50-,51+,52-,53-/m1/s1. The van der Waals surface area contributed by atoms with Gasteiger partial charge in [-0.1, -0.05) is 25.1 Å². The SMILES string of the molecule is CO[C@@H]1[C@@H](O)[C@H](O[C@@H]2[C@@H](C)O[C@@H](O[C@H]3[C@@H](OC)C[C@H](O[C@H]4CC[C@@]5(C)[C@@H](CC[C@]6(O)[C@@H]5C[C@@H](OC(C)=O)[C@@]57COC8(C)O[C@]56CC[C@]7([C@H](C)OC(=O)c5ccccc5)O8)C4)O[C@@H]3C)C[C@H]2OC)O[C@H](C)[C@H]1O. The number of esters is 2. The fourth-order valence-electron chi connectivity index (χ4n) is 15.7. The van der Waals surface area contributed by atoms with Crippen LogP contribution in [0.4, 0.5) is 0 Å². The van der Waals surface area contributed by atoms with Crippen LogP contribution in [0.1, 0.15) is 123 Å². The Bertz CT molecular complexity index is 2120. The Morgan fingerprint density at radius 2 is 1.40 bits per heavy atom. The van der Waals surface area contributed by atoms with Crippen LogP contribution in [0.15, 0.2) is 30.3 Å². The van der Waals surface area contributed by atoms with Crippen LogP contribution in [0.3, 0.4) is 0 Å². The van der Waals surface area contributed by atoms with Crippen LogP contribution in [0.25, 0.3) is 0 Å². The number of hydrogen-bond donors (Lipinski definition) is 3. The fraction of sp³-hybridized carbons (Fsp3) is 0.849. The van der Waals surface area contributed by atoms with Crippen LogP contribution in [0, 0.1) is 22.7 Å². The number of methoxy groups -OCH3 is 3. The Morgan fingerprint density at radius 1 is 0.736 bits per heavy atom. The highest BCUT2D eigenvalue weighted by Gasteiger charge is 2.91. The zero-order valence-corrected chi connectivity index (χ0v) is 43.4. The van der Waals surface area contributed by atoms with Gasteiger partial charge in [0, 0.05) is 48.0 Å². The molecule has 10 fully saturated rings. The van der Waals surface area contributed by atoms with E-state index < -0.39 is 126 Å². The molecule has 4 bridgehead atoms. The summed E-state index contributed by atoms with van der Waals surface area (Å²) >= 11 is 0. The average Bonchev–Trinajstić information content (AvgIpc) is 3.58. The van der Waals surface area contributed by atoms with Gasteiger partial charge in [-0.3, -0.25) is 4.79 Å². The summed E-state index contributed by atoms with van der Waals surface area (Å²) in [5.74, 6) is -2.65. The van der Waals surface area contributed by atoms with E-state index in [1.54, 1.807) is 52.3 Å². The van der Waals surface area contributed by atoms with Crippen molar-refractivity contribution in [2.45, 2.75) is 234 Å². The van der Waals surface area contributed by atoms with Gasteiger partial charge in [0.2, 0.25) is 0 Å². The third-order valence-corrected chi connectivity index (χ3v) is 19.1. The summed E-state index contributed by atoms with van der Waals surface area (Å²) in [6.07, 6.45) is -5.50. The van der Waals surface area contributed by atoms with Crippen molar-refractivity contribution < 1.29 is 91.2 Å². The Morgan fingerprint density at radius 3 is 2.06 bits per heavy atom. The Kier molecular flexibility index (Phi) is 14.4. The largest absolute Gasteiger partial charge is 0.462 e. The molecule has 0 radical (unpaired) electrons. The molecule has 1 aromatic rings. The number of carbonyl (C=O) groups excluding carboxylic acids is 2. The molecular formula is C53H78O19. The second-order valence-corrected chi connectivity index (χ2v) is 22.7. The number of hydrogen-bond acceptors (Lipinski definition) is 19. The number of aliphatic hydroxyl groups excluding tert-OH is 2. The van der Waals surface area contributed by atoms with Crippen LogP contribution in [0.5, 0.6) is 0 Å². The monoisotopic (exact) mass is 1020 g/mol. The summed E-state index contributed by atoms with van der Waals surface area (Å²) in [7, 11) is 4.66. The van der Waals surface area contributed by atoms with Gasteiger partial charge < -0.3 is 81.6 Å². The Labute approximate surface area is 422 Å². The smallest absolute Gasteiger partial charge is 0.338 e. The maximum atomic E-state index is 13.7. The zero-order valence-electron chi connectivity index (χ0n) is 43.4. The lowest BCUT2D eigenvalue weighted by atomic mass is 9.39. The van der Waals surface area contributed by atoms with Crippen molar-refractivity contribution in [1.29, 1.82) is 0 Å². The van der Waals surface area contributed by atoms with E-state index >= 15 is 0 Å². The Balaban J connectivity index is 0.806. The van der Waals surface area contributed by atoms with Crippen LogP contribution < -0.4 is 0 Å². The van der Waals surface area contributed by atoms with Gasteiger partial charge in [-0.15, -0.1) is 0 Å². The average molecular weight is 1020 g/mol. The minimum Gasteiger partial charge on any atom is -0.462 e. The first-order chi connectivity index (χ1) is 34.2. The van der Waals surface area contributed by atoms with Gasteiger partial charge in [-0.05, 0) is 108 Å². The molecule has 6 aliphatic heterocycles. The van der Waals surface area contributed by atoms with Crippen molar-refractivity contribution >= 4 is 11.9 Å². The van der Waals surface area contributed by atoms with E-state index in [-0.39, 0.29) is 36.1 Å². The van der Waals surface area contributed by atoms with Crippen LogP contribution in [0.2, 0.25) is 0 Å². The fourth-order valence-corrected chi connectivity index (χ4v) is 15.7. The molecule has 11 rings (SSSR count). The van der Waals surface area contributed by atoms with Crippen LogP contribution in [-0.2, 0) is 71.1 Å². The predicted octanol–water partition coefficient (Wildman–Crippen LogP) is 4.46. The highest BCUT2D eigenvalue weighted by atomic mass is 16.9. The molecule has 72 heavy (non-hydrogen) atoms. The molecule has 404 valence electrons. The highest BCUT2D eigenvalue weighted by molar-refractivity contribution is 5.89. The van der Waals surface area contributed by atoms with Crippen molar-refractivity contribution in [3.8, 4) is 0 Å². The molecular weight excluding hydrogens is 941 g/mol. The van der Waals surface area contributed by atoms with E-state index in [2.05, 4.69) is 6.92 Å². The Hall–Kier alpha value is -2.44. The van der Waals surface area contributed by atoms with Gasteiger partial charge in [0.1, 0.15) is 53.9 Å². The van der Waals surface area contributed by atoms with E-state index in [1.165, 1.54) is 14.0 Å². The van der Waals surface area contributed by atoms with E-state index in [9.17, 15) is 24.9 Å². The number of fused-ring (bicyclic) bond motifs is 4. The van der Waals surface area contributed by atoms with Crippen molar-refractivity contribution in [1.82, 2.24) is 0 Å². The number of benzene rings is 1. The molecule has 4 saturated carbocycles. The molecule has 0 aromatic heterocycles. The molecule has 19 heteroatoms. The summed E-state index contributed by atoms with van der Waals surface area (Å²) < 4.78 is 88.9. The zero-order chi connectivity index (χ0) is 51.3. The first-order valence-corrected chi connectivity index (χ1v) is 26.3. The van der Waals surface area contributed by atoms with Gasteiger partial charge in [-0.25, -0.2) is 4.79 Å². The van der Waals surface area contributed by atoms with Crippen molar-refractivity contribution in [2.24, 2.45) is 22.7 Å². The molecule has 3 N–H and O–H groups in total. The molecule has 1 aromatic carbocycles. The molecule has 1 spiro atoms. The molecule has 19 nitrogen and oxygen atoms in total. The van der Waals surface area contributed by atoms with E-state index in [1.807, 2.05) is 26.8 Å². The van der Waals surface area contributed by atoms with Gasteiger partial charge in [-0.2, -0.15) is 0 Å². The second-order valence-electron chi connectivity index (χ2n) is 22.7. The predicted molar refractivity (Wildman–Crippen MR) is 250 cm³/mol. The molecule has 4 aliphatic carbocycles. The topological polar surface area (TPSA) is 224 Å². The number of aliphatic hydroxyl groups is 3. The number of carbonyl (C=O) groups is 2. The summed E-state index contributed by atoms with van der Waals surface area (Å²) in [5, 5.41) is 35.1. The summed E-state index contributed by atoms with van der Waals surface area (Å²) in [6.45, 7) is 12.8. The molecule has 10 aliphatic rings. The number of ether oxygens (including phenoxy) is 14. The summed E-state index contributed by atoms with van der Waals surface area (Å²) in [4.78, 5) is 26.8. The lowest BCUT2D eigenvalue weighted by Gasteiger charge is -2.76. The van der Waals surface area contributed by atoms with Gasteiger partial charge >= 0.3 is 11.9 Å². The van der Waals surface area contributed by atoms with Crippen molar-refractivity contribution in [2.75, 3.05) is 27.9 Å². The number of rotatable bonds is 13. The van der Waals surface area contributed by atoms with E-state index in [4.69, 9.17) is 66.3 Å². The second kappa shape index (κ2) is 19.5. The molecule has 6 saturated heterocycles. The third-order valence-electron chi connectivity index (χ3n) is 19.1. The third kappa shape index (κ3) is 8.24. The molecule has 24 atom stereocenters. The summed E-state index contributed by atoms with van der Waals surface area (Å²) in [6, 6.07) is 8.82. The molecule has 1 unspecified atom stereocenters. The van der Waals surface area contributed by atoms with Gasteiger partial charge in [0.25, 0.3) is 5.97 Å². The first-order valence-electron chi connectivity index (χ1n) is 26.3. The minimum atomic E-state index is -1.54. The lowest BCUT2D eigenvalue weighted by Crippen LogP contribution is -2.88. The lowest BCUT2D eigenvalue weighted by molar-refractivity contribution is -0.571. The summed E-state index contributed by atoms with van der Waals surface area (Å²) in [5.41, 5.74) is -4.96. The molecule has 6 heterocycles.